The Morgan fingerprint density at radius 2 is 1.70 bits per heavy atom. The average molecular weight is 266 g/mol. The summed E-state index contributed by atoms with van der Waals surface area (Å²) in [4.78, 5) is 0. The van der Waals surface area contributed by atoms with E-state index >= 15 is 0 Å². The summed E-state index contributed by atoms with van der Waals surface area (Å²) in [6.45, 7) is 14.6. The third kappa shape index (κ3) is 4.38. The topological polar surface area (TPSA) is 0 Å². The van der Waals surface area contributed by atoms with Crippen molar-refractivity contribution >= 4 is 0 Å². The molecule has 20 heavy (non-hydrogen) atoms. The van der Waals surface area contributed by atoms with Crippen molar-refractivity contribution in [2.45, 2.75) is 40.5 Å². The summed E-state index contributed by atoms with van der Waals surface area (Å²) in [5.41, 5.74) is 6.45. The highest BCUT2D eigenvalue weighted by molar-refractivity contribution is 5.47. The van der Waals surface area contributed by atoms with E-state index in [2.05, 4.69) is 83.7 Å². The highest BCUT2D eigenvalue weighted by atomic mass is 14.2. The zero-order valence-electron chi connectivity index (χ0n) is 13.4. The predicted octanol–water partition coefficient (Wildman–Crippen LogP) is 6.12. The van der Waals surface area contributed by atoms with Gasteiger partial charge in [-0.2, -0.15) is 0 Å². The molecule has 0 aromatic heterocycles. The van der Waals surface area contributed by atoms with E-state index in [0.717, 1.165) is 0 Å². The zero-order chi connectivity index (χ0) is 15.1. The number of hydrogen-bond acceptors (Lipinski definition) is 0. The van der Waals surface area contributed by atoms with Gasteiger partial charge in [0.2, 0.25) is 0 Å². The monoisotopic (exact) mass is 266 g/mol. The Morgan fingerprint density at radius 1 is 1.10 bits per heavy atom. The lowest BCUT2D eigenvalue weighted by molar-refractivity contribution is 0.906. The summed E-state index contributed by atoms with van der Waals surface area (Å²) in [6, 6.07) is 8.77. The molecule has 0 heteroatoms. The van der Waals surface area contributed by atoms with Crippen LogP contribution < -0.4 is 0 Å². The van der Waals surface area contributed by atoms with Crippen LogP contribution in [0.4, 0.5) is 0 Å². The molecule has 0 heterocycles. The van der Waals surface area contributed by atoms with Crippen LogP contribution in [-0.2, 0) is 0 Å². The molecule has 0 spiro atoms. The van der Waals surface area contributed by atoms with Crippen LogP contribution in [-0.4, -0.2) is 0 Å². The maximum atomic E-state index is 3.96. The number of allylic oxidation sites excluding steroid dienone is 7. The van der Waals surface area contributed by atoms with Crippen LogP contribution in [0, 0.1) is 6.92 Å². The zero-order valence-corrected chi connectivity index (χ0v) is 13.4. The molecule has 0 aliphatic carbocycles. The first kappa shape index (κ1) is 16.2. The molecule has 1 rings (SSSR count). The van der Waals surface area contributed by atoms with Gasteiger partial charge in [-0.3, -0.25) is 0 Å². The molecule has 1 aromatic carbocycles. The maximum Gasteiger partial charge on any atom is 0.00636 e. The van der Waals surface area contributed by atoms with E-state index in [1.807, 2.05) is 6.08 Å². The van der Waals surface area contributed by atoms with Crippen molar-refractivity contribution in [3.63, 3.8) is 0 Å². The van der Waals surface area contributed by atoms with Gasteiger partial charge in [0.25, 0.3) is 0 Å². The summed E-state index contributed by atoms with van der Waals surface area (Å²) < 4.78 is 0. The van der Waals surface area contributed by atoms with Gasteiger partial charge >= 0.3 is 0 Å². The Balaban J connectivity index is 3.12. The normalized spacial score (nSPS) is 13.8. The van der Waals surface area contributed by atoms with Crippen molar-refractivity contribution in [3.8, 4) is 0 Å². The first-order valence-corrected chi connectivity index (χ1v) is 7.20. The Bertz CT molecular complexity index is 532. The summed E-state index contributed by atoms with van der Waals surface area (Å²) in [5, 5.41) is 0. The quantitative estimate of drug-likeness (QED) is 0.563. The molecule has 0 saturated heterocycles. The number of hydrogen-bond donors (Lipinski definition) is 0. The van der Waals surface area contributed by atoms with Crippen LogP contribution in [0.15, 0.2) is 71.9 Å². The first-order chi connectivity index (χ1) is 9.49. The van der Waals surface area contributed by atoms with Gasteiger partial charge in [0, 0.05) is 5.92 Å². The van der Waals surface area contributed by atoms with Gasteiger partial charge in [0.1, 0.15) is 0 Å². The average Bonchev–Trinajstić information content (AvgIpc) is 2.43. The van der Waals surface area contributed by atoms with Crippen LogP contribution in [0.2, 0.25) is 0 Å². The fraction of sp³-hybridized carbons (Fsp3) is 0.300. The van der Waals surface area contributed by atoms with E-state index in [0.29, 0.717) is 5.92 Å². The molecule has 0 saturated carbocycles. The van der Waals surface area contributed by atoms with Gasteiger partial charge in [0.05, 0.1) is 0 Å². The second kappa shape index (κ2) is 7.69. The highest BCUT2D eigenvalue weighted by Gasteiger charge is 2.12. The molecule has 0 aliphatic rings. The fourth-order valence-corrected chi connectivity index (χ4v) is 2.24. The molecule has 0 radical (unpaired) electrons. The van der Waals surface area contributed by atoms with Crippen molar-refractivity contribution in [2.75, 3.05) is 0 Å². The molecule has 0 N–H and O–H groups in total. The van der Waals surface area contributed by atoms with Crippen molar-refractivity contribution in [1.82, 2.24) is 0 Å². The minimum Gasteiger partial charge on any atom is -0.0985 e. The van der Waals surface area contributed by atoms with Gasteiger partial charge in [-0.1, -0.05) is 73.2 Å². The smallest absolute Gasteiger partial charge is 0.00636 e. The summed E-state index contributed by atoms with van der Waals surface area (Å²) >= 11 is 0. The summed E-state index contributed by atoms with van der Waals surface area (Å²) in [5.74, 6) is 0.371. The fourth-order valence-electron chi connectivity index (χ4n) is 2.24. The second-order valence-electron chi connectivity index (χ2n) is 5.45. The summed E-state index contributed by atoms with van der Waals surface area (Å²) in [6.07, 6.45) is 8.43. The van der Waals surface area contributed by atoms with Gasteiger partial charge in [-0.25, -0.2) is 0 Å². The van der Waals surface area contributed by atoms with Crippen molar-refractivity contribution in [1.29, 1.82) is 0 Å². The van der Waals surface area contributed by atoms with Crippen molar-refractivity contribution in [3.05, 3.63) is 83.0 Å². The molecular weight excluding hydrogens is 240 g/mol. The Hall–Kier alpha value is -1.82. The van der Waals surface area contributed by atoms with Crippen LogP contribution in [0.25, 0.3) is 0 Å². The molecular formula is C20H26. The van der Waals surface area contributed by atoms with E-state index in [9.17, 15) is 0 Å². The molecule has 106 valence electrons. The highest BCUT2D eigenvalue weighted by Crippen LogP contribution is 2.30. The molecule has 1 atom stereocenters. The SMILES string of the molecule is C=CC(=CC=C(C)C)C(=CC)C(C)c1ccc(C)cc1. The lowest BCUT2D eigenvalue weighted by Gasteiger charge is -2.17. The van der Waals surface area contributed by atoms with Gasteiger partial charge in [-0.15, -0.1) is 0 Å². The van der Waals surface area contributed by atoms with Crippen molar-refractivity contribution in [2.24, 2.45) is 0 Å². The summed E-state index contributed by atoms with van der Waals surface area (Å²) in [7, 11) is 0. The molecule has 0 nitrogen and oxygen atoms in total. The Morgan fingerprint density at radius 3 is 2.15 bits per heavy atom. The van der Waals surface area contributed by atoms with E-state index in [1.165, 1.54) is 27.8 Å². The third-order valence-electron chi connectivity index (χ3n) is 3.50. The molecule has 0 aliphatic heterocycles. The van der Waals surface area contributed by atoms with E-state index in [1.54, 1.807) is 0 Å². The van der Waals surface area contributed by atoms with Crippen LogP contribution in [0.1, 0.15) is 44.7 Å². The Kier molecular flexibility index (Phi) is 6.24. The largest absolute Gasteiger partial charge is 0.0985 e. The molecule has 0 amide bonds. The third-order valence-corrected chi connectivity index (χ3v) is 3.50. The minimum atomic E-state index is 0.371. The molecule has 1 aromatic rings. The van der Waals surface area contributed by atoms with Gasteiger partial charge in [0.15, 0.2) is 0 Å². The maximum absolute atomic E-state index is 3.96. The standard InChI is InChI=1S/C20H26/c1-7-18(12-9-15(3)4)20(8-2)17(6)19-13-10-16(5)11-14-19/h7-14,17H,1H2,2-6H3. The Labute approximate surface area is 124 Å². The number of aryl methyl sites for hydroxylation is 1. The molecule has 0 bridgehead atoms. The lowest BCUT2D eigenvalue weighted by Crippen LogP contribution is -2.00. The molecule has 0 fully saturated rings. The van der Waals surface area contributed by atoms with E-state index in [-0.39, 0.29) is 0 Å². The second-order valence-corrected chi connectivity index (χ2v) is 5.45. The van der Waals surface area contributed by atoms with Gasteiger partial charge < -0.3 is 0 Å². The van der Waals surface area contributed by atoms with Crippen molar-refractivity contribution < 1.29 is 0 Å². The van der Waals surface area contributed by atoms with Gasteiger partial charge in [-0.05, 0) is 44.4 Å². The minimum absolute atomic E-state index is 0.371. The van der Waals surface area contributed by atoms with Crippen LogP contribution in [0.3, 0.4) is 0 Å². The number of rotatable bonds is 5. The lowest BCUT2D eigenvalue weighted by atomic mass is 9.87. The van der Waals surface area contributed by atoms with E-state index < -0.39 is 0 Å². The van der Waals surface area contributed by atoms with Crippen LogP contribution in [0.5, 0.6) is 0 Å². The van der Waals surface area contributed by atoms with E-state index in [4.69, 9.17) is 0 Å². The molecule has 1 unspecified atom stereocenters. The predicted molar refractivity (Wildman–Crippen MR) is 91.1 cm³/mol. The van der Waals surface area contributed by atoms with Crippen LogP contribution >= 0.6 is 0 Å². The number of benzene rings is 1. The first-order valence-electron chi connectivity index (χ1n) is 7.20.